The van der Waals surface area contributed by atoms with E-state index in [9.17, 15) is 19.7 Å². The summed E-state index contributed by atoms with van der Waals surface area (Å²) in [6, 6.07) is 3.68. The number of fused-ring (bicyclic) bond motifs is 1. The fourth-order valence-electron chi connectivity index (χ4n) is 1.82. The first-order valence-corrected chi connectivity index (χ1v) is 5.42. The molecule has 0 aliphatic carbocycles. The number of nitro benzene ring substituents is 1. The first kappa shape index (κ1) is 12.7. The van der Waals surface area contributed by atoms with Crippen LogP contribution in [-0.4, -0.2) is 40.8 Å². The smallest absolute Gasteiger partial charge is 0.328 e. The number of hydrogen-bond donors (Lipinski definition) is 0. The minimum absolute atomic E-state index is 0.129. The van der Waals surface area contributed by atoms with Crippen LogP contribution in [0.3, 0.4) is 0 Å². The summed E-state index contributed by atoms with van der Waals surface area (Å²) in [5, 5.41) is 11.3. The number of carbonyl (C=O) groups is 2. The molecule has 7 heteroatoms. The summed E-state index contributed by atoms with van der Waals surface area (Å²) >= 11 is 0. The van der Waals surface area contributed by atoms with Gasteiger partial charge in [0.25, 0.3) is 5.69 Å². The van der Waals surface area contributed by atoms with E-state index in [4.69, 9.17) is 0 Å². The Morgan fingerprint density at radius 2 is 2.11 bits per heavy atom. The monoisotopic (exact) mass is 261 g/mol. The highest BCUT2D eigenvalue weighted by molar-refractivity contribution is 6.02. The lowest BCUT2D eigenvalue weighted by atomic mass is 10.2. The van der Waals surface area contributed by atoms with E-state index in [2.05, 4.69) is 0 Å². The van der Waals surface area contributed by atoms with Gasteiger partial charge in [0.15, 0.2) is 6.29 Å². The van der Waals surface area contributed by atoms with Crippen molar-refractivity contribution >= 4 is 28.9 Å². The van der Waals surface area contributed by atoms with E-state index in [1.807, 2.05) is 0 Å². The minimum Gasteiger partial charge on any atom is -0.330 e. The van der Waals surface area contributed by atoms with E-state index in [1.54, 1.807) is 14.1 Å². The Bertz CT molecular complexity index is 688. The molecule has 2 rings (SSSR count). The lowest BCUT2D eigenvalue weighted by Gasteiger charge is -2.11. The third-order valence-corrected chi connectivity index (χ3v) is 2.75. The first-order valence-electron chi connectivity index (χ1n) is 5.42. The Morgan fingerprint density at radius 1 is 1.42 bits per heavy atom. The number of rotatable bonds is 2. The van der Waals surface area contributed by atoms with Crippen LogP contribution in [0.15, 0.2) is 24.4 Å². The molecule has 0 atom stereocenters. The van der Waals surface area contributed by atoms with E-state index >= 15 is 0 Å². The van der Waals surface area contributed by atoms with Gasteiger partial charge in [0.1, 0.15) is 0 Å². The van der Waals surface area contributed by atoms with Crippen LogP contribution in [0.5, 0.6) is 0 Å². The zero-order valence-corrected chi connectivity index (χ0v) is 10.4. The van der Waals surface area contributed by atoms with Gasteiger partial charge in [-0.15, -0.1) is 0 Å². The third kappa shape index (κ3) is 2.05. The molecular formula is C12H11N3O4. The highest BCUT2D eigenvalue weighted by Crippen LogP contribution is 2.25. The van der Waals surface area contributed by atoms with Crippen LogP contribution in [-0.2, 0) is 0 Å². The number of benzene rings is 1. The summed E-state index contributed by atoms with van der Waals surface area (Å²) in [7, 11) is 3.12. The second-order valence-corrected chi connectivity index (χ2v) is 4.21. The molecule has 0 aliphatic heterocycles. The fourth-order valence-corrected chi connectivity index (χ4v) is 1.82. The molecule has 0 saturated carbocycles. The normalized spacial score (nSPS) is 10.4. The Morgan fingerprint density at radius 3 is 2.63 bits per heavy atom. The number of amides is 1. The van der Waals surface area contributed by atoms with Crippen molar-refractivity contribution < 1.29 is 14.5 Å². The van der Waals surface area contributed by atoms with Crippen LogP contribution >= 0.6 is 0 Å². The minimum atomic E-state index is -0.544. The number of nitrogens with zero attached hydrogens (tertiary/aromatic N) is 3. The third-order valence-electron chi connectivity index (χ3n) is 2.75. The number of nitro groups is 1. The average molecular weight is 261 g/mol. The van der Waals surface area contributed by atoms with Gasteiger partial charge in [0.2, 0.25) is 0 Å². The molecule has 0 saturated heterocycles. The Balaban J connectivity index is 2.75. The zero-order chi connectivity index (χ0) is 14.2. The van der Waals surface area contributed by atoms with Gasteiger partial charge in [-0.05, 0) is 6.07 Å². The molecule has 0 unspecified atom stereocenters. The summed E-state index contributed by atoms with van der Waals surface area (Å²) in [6.45, 7) is 0. The molecule has 1 heterocycles. The van der Waals surface area contributed by atoms with Crippen LogP contribution in [0.25, 0.3) is 10.9 Å². The fraction of sp³-hybridized carbons (Fsp3) is 0.167. The molecule has 7 nitrogen and oxygen atoms in total. The summed E-state index contributed by atoms with van der Waals surface area (Å²) < 4.78 is 1.23. The SMILES string of the molecule is CN(C)C(=O)n1cc(C=O)c2ccc([N+](=O)[O-])cc21. The van der Waals surface area contributed by atoms with Crippen LogP contribution in [0.4, 0.5) is 10.5 Å². The topological polar surface area (TPSA) is 85.5 Å². The van der Waals surface area contributed by atoms with Crippen molar-refractivity contribution in [3.63, 3.8) is 0 Å². The molecule has 0 aliphatic rings. The van der Waals surface area contributed by atoms with Crippen molar-refractivity contribution in [3.8, 4) is 0 Å². The predicted molar refractivity (Wildman–Crippen MR) is 68.5 cm³/mol. The molecule has 0 N–H and O–H groups in total. The molecule has 0 spiro atoms. The van der Waals surface area contributed by atoms with Crippen molar-refractivity contribution in [2.75, 3.05) is 14.1 Å². The first-order chi connectivity index (χ1) is 8.95. The summed E-state index contributed by atoms with van der Waals surface area (Å²) in [4.78, 5) is 34.5. The highest BCUT2D eigenvalue weighted by atomic mass is 16.6. The number of aromatic nitrogens is 1. The largest absolute Gasteiger partial charge is 0.330 e. The molecule has 19 heavy (non-hydrogen) atoms. The predicted octanol–water partition coefficient (Wildman–Crippen LogP) is 1.89. The Hall–Kier alpha value is -2.70. The molecular weight excluding hydrogens is 250 g/mol. The van der Waals surface area contributed by atoms with E-state index in [0.717, 1.165) is 0 Å². The van der Waals surface area contributed by atoms with Gasteiger partial charge in [-0.2, -0.15) is 0 Å². The van der Waals surface area contributed by atoms with Gasteiger partial charge in [0.05, 0.1) is 10.4 Å². The standard InChI is InChI=1S/C12H11N3O4/c1-13(2)12(17)14-6-8(7-16)10-4-3-9(15(18)19)5-11(10)14/h3-7H,1-2H3. The molecule has 1 aromatic carbocycles. The van der Waals surface area contributed by atoms with Gasteiger partial charge in [0, 0.05) is 43.4 Å². The summed E-state index contributed by atoms with van der Waals surface area (Å²) in [5.41, 5.74) is 0.533. The van der Waals surface area contributed by atoms with Crippen molar-refractivity contribution in [3.05, 3.63) is 40.1 Å². The highest BCUT2D eigenvalue weighted by Gasteiger charge is 2.17. The molecule has 98 valence electrons. The van der Waals surface area contributed by atoms with E-state index in [0.29, 0.717) is 22.8 Å². The van der Waals surface area contributed by atoms with E-state index in [-0.39, 0.29) is 11.7 Å². The van der Waals surface area contributed by atoms with E-state index < -0.39 is 4.92 Å². The lowest BCUT2D eigenvalue weighted by Crippen LogP contribution is -2.26. The maximum absolute atomic E-state index is 12.0. The quantitative estimate of drug-likeness (QED) is 0.469. The second-order valence-electron chi connectivity index (χ2n) is 4.21. The summed E-state index contributed by atoms with van der Waals surface area (Å²) in [5.74, 6) is 0. The number of aldehydes is 1. The van der Waals surface area contributed by atoms with Crippen molar-refractivity contribution in [2.24, 2.45) is 0 Å². The van der Waals surface area contributed by atoms with Crippen molar-refractivity contribution in [1.29, 1.82) is 0 Å². The van der Waals surface area contributed by atoms with Gasteiger partial charge in [-0.25, -0.2) is 4.79 Å². The molecule has 1 aromatic heterocycles. The molecule has 0 fully saturated rings. The molecule has 1 amide bonds. The van der Waals surface area contributed by atoms with E-state index in [1.165, 1.54) is 33.9 Å². The number of hydrogen-bond acceptors (Lipinski definition) is 4. The van der Waals surface area contributed by atoms with Crippen molar-refractivity contribution in [1.82, 2.24) is 9.47 Å². The van der Waals surface area contributed by atoms with Gasteiger partial charge >= 0.3 is 6.03 Å². The van der Waals surface area contributed by atoms with Gasteiger partial charge in [-0.1, -0.05) is 0 Å². The second kappa shape index (κ2) is 4.52. The Labute approximate surface area is 108 Å². The number of non-ortho nitro benzene ring substituents is 1. The van der Waals surface area contributed by atoms with Crippen LogP contribution < -0.4 is 0 Å². The maximum atomic E-state index is 12.0. The van der Waals surface area contributed by atoms with Gasteiger partial charge in [-0.3, -0.25) is 19.5 Å². The van der Waals surface area contributed by atoms with Crippen LogP contribution in [0.2, 0.25) is 0 Å². The van der Waals surface area contributed by atoms with Crippen LogP contribution in [0, 0.1) is 10.1 Å². The van der Waals surface area contributed by atoms with Gasteiger partial charge < -0.3 is 4.90 Å². The lowest BCUT2D eigenvalue weighted by molar-refractivity contribution is -0.384. The average Bonchev–Trinajstić information content (AvgIpc) is 2.75. The zero-order valence-electron chi connectivity index (χ0n) is 10.4. The van der Waals surface area contributed by atoms with Crippen LogP contribution in [0.1, 0.15) is 10.4 Å². The van der Waals surface area contributed by atoms with Crippen molar-refractivity contribution in [2.45, 2.75) is 0 Å². The number of carbonyl (C=O) groups excluding carboxylic acids is 2. The summed E-state index contributed by atoms with van der Waals surface area (Å²) in [6.07, 6.45) is 2.00. The molecule has 0 bridgehead atoms. The molecule has 0 radical (unpaired) electrons. The molecule has 2 aromatic rings. The Kier molecular flexibility index (Phi) is 3.04. The maximum Gasteiger partial charge on any atom is 0.328 e.